The van der Waals surface area contributed by atoms with Crippen LogP contribution < -0.4 is 0 Å². The molecular weight excluding hydrogens is 432 g/mol. The van der Waals surface area contributed by atoms with Gasteiger partial charge in [0.1, 0.15) is 4.32 Å². The fourth-order valence-corrected chi connectivity index (χ4v) is 8.56. The second kappa shape index (κ2) is 12.1. The Hall–Kier alpha value is 0.127. The van der Waals surface area contributed by atoms with Gasteiger partial charge in [-0.05, 0) is 36.4 Å². The van der Waals surface area contributed by atoms with E-state index in [-0.39, 0.29) is 16.0 Å². The summed E-state index contributed by atoms with van der Waals surface area (Å²) >= 11 is 3.32. The Labute approximate surface area is 184 Å². The third kappa shape index (κ3) is 10.2. The van der Waals surface area contributed by atoms with Crippen LogP contribution in [0.3, 0.4) is 0 Å². The zero-order valence-electron chi connectivity index (χ0n) is 19.9. The smallest absolute Gasteiger partial charge is 0.322 e. The lowest BCUT2D eigenvalue weighted by Crippen LogP contribution is -2.51. The molecule has 0 saturated carbocycles. The SMILES string of the molecule is CC(C)(Br)C(=O)OCCCCCCCCCCC[Si](O)(C(C)(C)C)C(C)(C)C. The minimum atomic E-state index is -2.31. The lowest BCUT2D eigenvalue weighted by molar-refractivity contribution is -0.145. The van der Waals surface area contributed by atoms with Crippen molar-refractivity contribution in [3.63, 3.8) is 0 Å². The number of hydrogen-bond acceptors (Lipinski definition) is 3. The topological polar surface area (TPSA) is 46.5 Å². The number of ether oxygens (including phenoxy) is 1. The summed E-state index contributed by atoms with van der Waals surface area (Å²) < 4.78 is 4.67. The van der Waals surface area contributed by atoms with Crippen LogP contribution in [0.2, 0.25) is 16.1 Å². The standard InChI is InChI=1S/C23H47BrO3Si/c1-21(2,3)28(26,22(4,5)6)19-17-15-13-11-9-10-12-14-16-18-27-20(25)23(7,8)24/h26H,9-19H2,1-8H3. The van der Waals surface area contributed by atoms with Crippen LogP contribution in [0.1, 0.15) is 113 Å². The highest BCUT2D eigenvalue weighted by Gasteiger charge is 2.51. The molecule has 5 heteroatoms. The summed E-state index contributed by atoms with van der Waals surface area (Å²) in [5, 5.41) is 0.0632. The van der Waals surface area contributed by atoms with Crippen LogP contribution in [0, 0.1) is 0 Å². The minimum Gasteiger partial charge on any atom is -0.465 e. The van der Waals surface area contributed by atoms with Crippen LogP contribution in [0.5, 0.6) is 0 Å². The maximum atomic E-state index is 11.6. The maximum absolute atomic E-state index is 11.6. The van der Waals surface area contributed by atoms with Crippen LogP contribution in [0.4, 0.5) is 0 Å². The molecule has 3 nitrogen and oxygen atoms in total. The first-order valence-corrected chi connectivity index (χ1v) is 14.2. The average Bonchev–Trinajstić information content (AvgIpc) is 2.52. The zero-order chi connectivity index (χ0) is 22.1. The second-order valence-corrected chi connectivity index (χ2v) is 18.1. The third-order valence-electron chi connectivity index (χ3n) is 5.88. The van der Waals surface area contributed by atoms with E-state index in [0.29, 0.717) is 6.61 Å². The van der Waals surface area contributed by atoms with Gasteiger partial charge in [0.2, 0.25) is 0 Å². The first-order chi connectivity index (χ1) is 12.6. The number of carbonyl (C=O) groups is 1. The van der Waals surface area contributed by atoms with Gasteiger partial charge in [-0.3, -0.25) is 4.79 Å². The molecule has 0 aromatic carbocycles. The van der Waals surface area contributed by atoms with Crippen molar-refractivity contribution in [3.05, 3.63) is 0 Å². The molecule has 0 heterocycles. The fourth-order valence-electron chi connectivity index (χ4n) is 3.93. The molecule has 0 spiro atoms. The maximum Gasteiger partial charge on any atom is 0.322 e. The highest BCUT2D eigenvalue weighted by atomic mass is 79.9. The van der Waals surface area contributed by atoms with Crippen LogP contribution in [-0.4, -0.2) is 30.0 Å². The van der Waals surface area contributed by atoms with E-state index in [4.69, 9.17) is 4.74 Å². The van der Waals surface area contributed by atoms with Gasteiger partial charge in [-0.25, -0.2) is 0 Å². The number of unbranched alkanes of at least 4 members (excludes halogenated alkanes) is 8. The van der Waals surface area contributed by atoms with Crippen molar-refractivity contribution in [1.29, 1.82) is 0 Å². The molecule has 1 N–H and O–H groups in total. The van der Waals surface area contributed by atoms with Crippen molar-refractivity contribution in [2.75, 3.05) is 6.61 Å². The Kier molecular flexibility index (Phi) is 12.2. The van der Waals surface area contributed by atoms with Gasteiger partial charge in [0.05, 0.1) is 6.61 Å². The van der Waals surface area contributed by atoms with Crippen molar-refractivity contribution in [3.8, 4) is 0 Å². The van der Waals surface area contributed by atoms with Gasteiger partial charge in [0.25, 0.3) is 0 Å². The van der Waals surface area contributed by atoms with Gasteiger partial charge in [0.15, 0.2) is 8.32 Å². The monoisotopic (exact) mass is 478 g/mol. The number of halogens is 1. The van der Waals surface area contributed by atoms with Gasteiger partial charge < -0.3 is 9.53 Å². The van der Waals surface area contributed by atoms with Crippen LogP contribution in [-0.2, 0) is 9.53 Å². The second-order valence-electron chi connectivity index (χ2n) is 10.9. The van der Waals surface area contributed by atoms with Crippen molar-refractivity contribution in [1.82, 2.24) is 0 Å². The zero-order valence-corrected chi connectivity index (χ0v) is 22.5. The molecule has 28 heavy (non-hydrogen) atoms. The number of alkyl halides is 1. The van der Waals surface area contributed by atoms with Crippen molar-refractivity contribution in [2.24, 2.45) is 0 Å². The lowest BCUT2D eigenvalue weighted by atomic mass is 10.1. The largest absolute Gasteiger partial charge is 0.465 e. The molecule has 0 bridgehead atoms. The summed E-state index contributed by atoms with van der Waals surface area (Å²) in [6.07, 6.45) is 10.8. The van der Waals surface area contributed by atoms with E-state index in [1.54, 1.807) is 0 Å². The number of esters is 1. The Morgan fingerprint density at radius 2 is 1.11 bits per heavy atom. The predicted octanol–water partition coefficient (Wildman–Crippen LogP) is 7.75. The molecule has 0 aliphatic rings. The molecule has 0 radical (unpaired) electrons. The van der Waals surface area contributed by atoms with Gasteiger partial charge in [-0.2, -0.15) is 0 Å². The van der Waals surface area contributed by atoms with E-state index in [0.717, 1.165) is 25.3 Å². The predicted molar refractivity (Wildman–Crippen MR) is 128 cm³/mol. The summed E-state index contributed by atoms with van der Waals surface area (Å²) in [6.45, 7) is 17.4. The van der Waals surface area contributed by atoms with Gasteiger partial charge in [0, 0.05) is 0 Å². The summed E-state index contributed by atoms with van der Waals surface area (Å²) in [6, 6.07) is 1.02. The van der Waals surface area contributed by atoms with E-state index < -0.39 is 12.6 Å². The summed E-state index contributed by atoms with van der Waals surface area (Å²) in [7, 11) is -2.31. The first kappa shape index (κ1) is 28.1. The van der Waals surface area contributed by atoms with Crippen LogP contribution in [0.15, 0.2) is 0 Å². The lowest BCUT2D eigenvalue weighted by Gasteiger charge is -2.47. The number of hydrogen-bond donors (Lipinski definition) is 1. The molecule has 0 aromatic rings. The van der Waals surface area contributed by atoms with Crippen molar-refractivity contribution in [2.45, 2.75) is 134 Å². The number of rotatable bonds is 13. The highest BCUT2D eigenvalue weighted by molar-refractivity contribution is 9.10. The molecule has 168 valence electrons. The normalized spacial score (nSPS) is 13.6. The third-order valence-corrected chi connectivity index (χ3v) is 12.2. The Balaban J connectivity index is 3.74. The molecule has 0 aromatic heterocycles. The summed E-state index contributed by atoms with van der Waals surface area (Å²) in [5.41, 5.74) is 0. The Morgan fingerprint density at radius 1 is 0.750 bits per heavy atom. The first-order valence-electron chi connectivity index (χ1n) is 11.2. The summed E-state index contributed by atoms with van der Waals surface area (Å²) in [4.78, 5) is 23.0. The van der Waals surface area contributed by atoms with Crippen molar-refractivity contribution < 1.29 is 14.3 Å². The molecule has 0 saturated heterocycles. The van der Waals surface area contributed by atoms with E-state index in [9.17, 15) is 9.59 Å². The molecule has 0 aliphatic carbocycles. The van der Waals surface area contributed by atoms with E-state index in [1.807, 2.05) is 13.8 Å². The molecular formula is C23H47BrO3Si. The molecule has 0 rings (SSSR count). The highest BCUT2D eigenvalue weighted by Crippen LogP contribution is 2.52. The Bertz CT molecular complexity index is 430. The van der Waals surface area contributed by atoms with Crippen LogP contribution >= 0.6 is 15.9 Å². The Morgan fingerprint density at radius 3 is 1.46 bits per heavy atom. The molecule has 0 fully saturated rings. The van der Waals surface area contributed by atoms with E-state index in [1.165, 1.54) is 38.5 Å². The minimum absolute atomic E-state index is 0.0316. The molecule has 0 atom stereocenters. The van der Waals surface area contributed by atoms with Gasteiger partial charge in [-0.1, -0.05) is 109 Å². The van der Waals surface area contributed by atoms with Gasteiger partial charge in [-0.15, -0.1) is 0 Å². The van der Waals surface area contributed by atoms with Crippen molar-refractivity contribution >= 4 is 30.2 Å². The quantitative estimate of drug-likeness (QED) is 0.127. The number of carbonyl (C=O) groups excluding carboxylic acids is 1. The van der Waals surface area contributed by atoms with Crippen LogP contribution in [0.25, 0.3) is 0 Å². The fraction of sp³-hybridized carbons (Fsp3) is 0.957. The van der Waals surface area contributed by atoms with Gasteiger partial charge >= 0.3 is 5.97 Å². The molecule has 0 amide bonds. The summed E-state index contributed by atoms with van der Waals surface area (Å²) in [5.74, 6) is -0.180. The van der Waals surface area contributed by atoms with E-state index >= 15 is 0 Å². The molecule has 0 unspecified atom stereocenters. The van der Waals surface area contributed by atoms with E-state index in [2.05, 4.69) is 57.5 Å². The molecule has 0 aliphatic heterocycles. The average molecular weight is 480 g/mol.